The van der Waals surface area contributed by atoms with Gasteiger partial charge in [-0.1, -0.05) is 12.1 Å². The van der Waals surface area contributed by atoms with E-state index in [0.717, 1.165) is 25.4 Å². The molecular formula is C21H24N2OS. The second-order valence-electron chi connectivity index (χ2n) is 6.60. The molecule has 4 rings (SSSR count). The van der Waals surface area contributed by atoms with Crippen LogP contribution in [0.3, 0.4) is 0 Å². The number of nitrogens with one attached hydrogen (secondary N) is 1. The molecule has 0 spiro atoms. The van der Waals surface area contributed by atoms with E-state index in [-0.39, 0.29) is 0 Å². The zero-order chi connectivity index (χ0) is 17.1. The van der Waals surface area contributed by atoms with Crippen molar-refractivity contribution >= 4 is 27.1 Å². The van der Waals surface area contributed by atoms with E-state index in [0.29, 0.717) is 6.04 Å². The fraction of sp³-hybridized carbons (Fsp3) is 0.333. The highest BCUT2D eigenvalue weighted by Gasteiger charge is 2.22. The lowest BCUT2D eigenvalue weighted by Crippen LogP contribution is -2.43. The Balaban J connectivity index is 1.67. The molecule has 1 aliphatic rings. The molecule has 1 aliphatic heterocycles. The minimum Gasteiger partial charge on any atom is -0.497 e. The van der Waals surface area contributed by atoms with Crippen molar-refractivity contribution in [3.63, 3.8) is 0 Å². The minimum absolute atomic E-state index is 0.573. The van der Waals surface area contributed by atoms with E-state index in [1.54, 1.807) is 7.11 Å². The molecule has 0 unspecified atom stereocenters. The normalized spacial score (nSPS) is 15.4. The van der Waals surface area contributed by atoms with Crippen molar-refractivity contribution in [3.8, 4) is 5.75 Å². The van der Waals surface area contributed by atoms with Gasteiger partial charge in [0, 0.05) is 23.0 Å². The van der Waals surface area contributed by atoms with Gasteiger partial charge in [0.2, 0.25) is 0 Å². The van der Waals surface area contributed by atoms with E-state index >= 15 is 0 Å². The van der Waals surface area contributed by atoms with Gasteiger partial charge in [-0.05, 0) is 78.7 Å². The summed E-state index contributed by atoms with van der Waals surface area (Å²) < 4.78 is 6.76. The molecule has 2 heterocycles. The first-order valence-electron chi connectivity index (χ1n) is 8.91. The standard InChI is InChI=1S/C21H24N2OS/c1-24-20-4-2-3-16(13-20)15-23(18-7-10-22-11-8-18)19-5-6-21-17(14-19)9-12-25-21/h2-6,9,12-14,18,22H,7-8,10-11,15H2,1H3. The molecule has 1 fully saturated rings. The Morgan fingerprint density at radius 2 is 2.00 bits per heavy atom. The molecule has 0 atom stereocenters. The number of benzene rings is 2. The van der Waals surface area contributed by atoms with E-state index < -0.39 is 0 Å². The second kappa shape index (κ2) is 7.46. The lowest BCUT2D eigenvalue weighted by Gasteiger charge is -2.36. The monoisotopic (exact) mass is 352 g/mol. The predicted octanol–water partition coefficient (Wildman–Crippen LogP) is 4.67. The van der Waals surface area contributed by atoms with Crippen LogP contribution in [0.15, 0.2) is 53.9 Å². The Labute approximate surface area is 153 Å². The molecule has 3 nitrogen and oxygen atoms in total. The smallest absolute Gasteiger partial charge is 0.119 e. The van der Waals surface area contributed by atoms with Crippen molar-refractivity contribution in [2.75, 3.05) is 25.1 Å². The lowest BCUT2D eigenvalue weighted by molar-refractivity contribution is 0.412. The number of hydrogen-bond acceptors (Lipinski definition) is 4. The van der Waals surface area contributed by atoms with Crippen molar-refractivity contribution < 1.29 is 4.74 Å². The van der Waals surface area contributed by atoms with Crippen molar-refractivity contribution in [3.05, 3.63) is 59.5 Å². The van der Waals surface area contributed by atoms with Crippen LogP contribution >= 0.6 is 11.3 Å². The van der Waals surface area contributed by atoms with E-state index in [1.807, 2.05) is 17.4 Å². The van der Waals surface area contributed by atoms with Gasteiger partial charge in [-0.15, -0.1) is 11.3 Å². The number of hydrogen-bond donors (Lipinski definition) is 1. The Kier molecular flexibility index (Phi) is 4.90. The molecule has 1 aromatic heterocycles. The third-order valence-electron chi connectivity index (χ3n) is 5.00. The Hall–Kier alpha value is -2.04. The first-order chi connectivity index (χ1) is 12.3. The van der Waals surface area contributed by atoms with Gasteiger partial charge in [0.25, 0.3) is 0 Å². The average Bonchev–Trinajstić information content (AvgIpc) is 3.15. The molecule has 1 saturated heterocycles. The van der Waals surface area contributed by atoms with E-state index in [9.17, 15) is 0 Å². The number of methoxy groups -OCH3 is 1. The van der Waals surface area contributed by atoms with Gasteiger partial charge in [-0.2, -0.15) is 0 Å². The third kappa shape index (κ3) is 3.65. The summed E-state index contributed by atoms with van der Waals surface area (Å²) in [6.45, 7) is 3.11. The first kappa shape index (κ1) is 16.4. The summed E-state index contributed by atoms with van der Waals surface area (Å²) in [4.78, 5) is 2.58. The predicted molar refractivity (Wildman–Crippen MR) is 107 cm³/mol. The molecule has 0 aliphatic carbocycles. The molecule has 130 valence electrons. The maximum atomic E-state index is 5.41. The number of fused-ring (bicyclic) bond motifs is 1. The molecule has 25 heavy (non-hydrogen) atoms. The van der Waals surface area contributed by atoms with Gasteiger partial charge >= 0.3 is 0 Å². The maximum absolute atomic E-state index is 5.41. The van der Waals surface area contributed by atoms with Crippen LogP contribution in [0.4, 0.5) is 5.69 Å². The van der Waals surface area contributed by atoms with Crippen LogP contribution in [0.1, 0.15) is 18.4 Å². The highest BCUT2D eigenvalue weighted by molar-refractivity contribution is 7.17. The van der Waals surface area contributed by atoms with Gasteiger partial charge in [0.05, 0.1) is 7.11 Å². The van der Waals surface area contributed by atoms with E-state index in [1.165, 1.54) is 34.2 Å². The van der Waals surface area contributed by atoms with Crippen LogP contribution in [-0.2, 0) is 6.54 Å². The number of nitrogens with zero attached hydrogens (tertiary/aromatic N) is 1. The summed E-state index contributed by atoms with van der Waals surface area (Å²) >= 11 is 1.81. The van der Waals surface area contributed by atoms with Crippen LogP contribution < -0.4 is 15.0 Å². The minimum atomic E-state index is 0.573. The van der Waals surface area contributed by atoms with Crippen LogP contribution in [0.25, 0.3) is 10.1 Å². The van der Waals surface area contributed by atoms with Gasteiger partial charge in [0.15, 0.2) is 0 Å². The summed E-state index contributed by atoms with van der Waals surface area (Å²) in [5.41, 5.74) is 2.61. The van der Waals surface area contributed by atoms with Gasteiger partial charge in [0.1, 0.15) is 5.75 Å². The quantitative estimate of drug-likeness (QED) is 0.722. The van der Waals surface area contributed by atoms with Crippen LogP contribution in [0, 0.1) is 0 Å². The third-order valence-corrected chi connectivity index (χ3v) is 5.90. The number of piperidine rings is 1. The molecule has 3 aromatic rings. The van der Waals surface area contributed by atoms with Gasteiger partial charge in [-0.3, -0.25) is 0 Å². The van der Waals surface area contributed by atoms with Crippen molar-refractivity contribution in [1.82, 2.24) is 5.32 Å². The molecular weight excluding hydrogens is 328 g/mol. The molecule has 0 saturated carbocycles. The van der Waals surface area contributed by atoms with E-state index in [4.69, 9.17) is 4.74 Å². The van der Waals surface area contributed by atoms with Gasteiger partial charge in [-0.25, -0.2) is 0 Å². The fourth-order valence-electron chi connectivity index (χ4n) is 3.65. The second-order valence-corrected chi connectivity index (χ2v) is 7.55. The highest BCUT2D eigenvalue weighted by Crippen LogP contribution is 2.30. The number of rotatable bonds is 5. The zero-order valence-corrected chi connectivity index (χ0v) is 15.4. The molecule has 0 amide bonds. The highest BCUT2D eigenvalue weighted by atomic mass is 32.1. The fourth-order valence-corrected chi connectivity index (χ4v) is 4.42. The van der Waals surface area contributed by atoms with Crippen LogP contribution in [0.5, 0.6) is 5.75 Å². The Morgan fingerprint density at radius 1 is 1.12 bits per heavy atom. The molecule has 2 aromatic carbocycles. The molecule has 4 heteroatoms. The van der Waals surface area contributed by atoms with Crippen LogP contribution in [-0.4, -0.2) is 26.2 Å². The Bertz CT molecular complexity index is 839. The van der Waals surface area contributed by atoms with Crippen molar-refractivity contribution in [2.24, 2.45) is 0 Å². The first-order valence-corrected chi connectivity index (χ1v) is 9.79. The summed E-state index contributed by atoms with van der Waals surface area (Å²) in [6.07, 6.45) is 2.37. The van der Waals surface area contributed by atoms with Crippen molar-refractivity contribution in [2.45, 2.75) is 25.4 Å². The molecule has 1 N–H and O–H groups in total. The SMILES string of the molecule is COc1cccc(CN(c2ccc3sccc3c2)C2CCNCC2)c1. The number of ether oxygens (including phenoxy) is 1. The number of anilines is 1. The summed E-state index contributed by atoms with van der Waals surface area (Å²) in [7, 11) is 1.73. The summed E-state index contributed by atoms with van der Waals surface area (Å²) in [5.74, 6) is 0.927. The number of thiophene rings is 1. The molecule has 0 radical (unpaired) electrons. The average molecular weight is 353 g/mol. The summed E-state index contributed by atoms with van der Waals surface area (Å²) in [6, 6.07) is 18.1. The lowest BCUT2D eigenvalue weighted by atomic mass is 10.0. The Morgan fingerprint density at radius 3 is 2.84 bits per heavy atom. The topological polar surface area (TPSA) is 24.5 Å². The van der Waals surface area contributed by atoms with Crippen molar-refractivity contribution in [1.29, 1.82) is 0 Å². The van der Waals surface area contributed by atoms with Crippen LogP contribution in [0.2, 0.25) is 0 Å². The summed E-state index contributed by atoms with van der Waals surface area (Å²) in [5, 5.41) is 7.00. The maximum Gasteiger partial charge on any atom is 0.119 e. The van der Waals surface area contributed by atoms with Gasteiger partial charge < -0.3 is 15.0 Å². The van der Waals surface area contributed by atoms with E-state index in [2.05, 4.69) is 58.1 Å². The molecule has 0 bridgehead atoms. The zero-order valence-electron chi connectivity index (χ0n) is 14.6. The largest absolute Gasteiger partial charge is 0.497 e.